The van der Waals surface area contributed by atoms with Crippen LogP contribution in [0, 0.1) is 12.8 Å². The predicted octanol–water partition coefficient (Wildman–Crippen LogP) is 3.64. The molecule has 2 unspecified atom stereocenters. The average Bonchev–Trinajstić information content (AvgIpc) is 2.49. The maximum absolute atomic E-state index is 3.84. The third-order valence-electron chi connectivity index (χ3n) is 5.12. The van der Waals surface area contributed by atoms with Crippen molar-refractivity contribution in [2.75, 3.05) is 19.6 Å². The summed E-state index contributed by atoms with van der Waals surface area (Å²) in [6.07, 6.45) is 3.82. The zero-order valence-corrected chi connectivity index (χ0v) is 14.2. The summed E-state index contributed by atoms with van der Waals surface area (Å²) in [7, 11) is 0. The largest absolute Gasteiger partial charge is 0.311 e. The fourth-order valence-electron chi connectivity index (χ4n) is 3.58. The lowest BCUT2D eigenvalue weighted by Gasteiger charge is -2.35. The Bertz CT molecular complexity index is 421. The van der Waals surface area contributed by atoms with E-state index in [4.69, 9.17) is 0 Å². The molecule has 0 amide bonds. The fraction of sp³-hybridized carbons (Fsp3) is 0.684. The third kappa shape index (κ3) is 4.82. The number of likely N-dealkylation sites (tertiary alicyclic amines) is 1. The molecule has 2 rings (SSSR count). The van der Waals surface area contributed by atoms with Crippen LogP contribution < -0.4 is 5.32 Å². The van der Waals surface area contributed by atoms with Crippen LogP contribution in [0.1, 0.15) is 44.7 Å². The lowest BCUT2D eigenvalue weighted by atomic mass is 9.89. The summed E-state index contributed by atoms with van der Waals surface area (Å²) < 4.78 is 0. The molecule has 1 aliphatic rings. The van der Waals surface area contributed by atoms with Crippen molar-refractivity contribution in [2.24, 2.45) is 5.92 Å². The molecule has 21 heavy (non-hydrogen) atoms. The van der Waals surface area contributed by atoms with Gasteiger partial charge in [-0.15, -0.1) is 0 Å². The molecule has 0 bridgehead atoms. The van der Waals surface area contributed by atoms with Crippen molar-refractivity contribution >= 4 is 0 Å². The molecule has 1 fully saturated rings. The highest BCUT2D eigenvalue weighted by atomic mass is 15.1. The van der Waals surface area contributed by atoms with Gasteiger partial charge in [0.15, 0.2) is 0 Å². The van der Waals surface area contributed by atoms with Crippen molar-refractivity contribution < 1.29 is 0 Å². The van der Waals surface area contributed by atoms with Crippen molar-refractivity contribution in [3.63, 3.8) is 0 Å². The maximum Gasteiger partial charge on any atom is 0.00818 e. The molecular weight excluding hydrogens is 256 g/mol. The fourth-order valence-corrected chi connectivity index (χ4v) is 3.58. The average molecular weight is 288 g/mol. The lowest BCUT2D eigenvalue weighted by Crippen LogP contribution is -2.45. The smallest absolute Gasteiger partial charge is 0.00818 e. The summed E-state index contributed by atoms with van der Waals surface area (Å²) in [6.45, 7) is 12.9. The molecular formula is C19H32N2. The molecule has 2 nitrogen and oxygen atoms in total. The molecule has 1 aromatic rings. The van der Waals surface area contributed by atoms with Gasteiger partial charge in [0.05, 0.1) is 0 Å². The van der Waals surface area contributed by atoms with E-state index in [-0.39, 0.29) is 0 Å². The van der Waals surface area contributed by atoms with E-state index in [1.807, 2.05) is 0 Å². The second-order valence-electron chi connectivity index (χ2n) is 6.76. The predicted molar refractivity (Wildman–Crippen MR) is 91.8 cm³/mol. The van der Waals surface area contributed by atoms with Crippen molar-refractivity contribution in [3.05, 3.63) is 35.4 Å². The molecule has 0 saturated carbocycles. The van der Waals surface area contributed by atoms with E-state index < -0.39 is 0 Å². The van der Waals surface area contributed by atoms with Gasteiger partial charge in [-0.05, 0) is 76.7 Å². The van der Waals surface area contributed by atoms with Crippen LogP contribution in [0.5, 0.6) is 0 Å². The minimum Gasteiger partial charge on any atom is -0.311 e. The number of hydrogen-bond acceptors (Lipinski definition) is 2. The molecule has 1 aromatic carbocycles. The first kappa shape index (κ1) is 16.5. The van der Waals surface area contributed by atoms with E-state index in [1.165, 1.54) is 43.6 Å². The van der Waals surface area contributed by atoms with Gasteiger partial charge in [0.25, 0.3) is 0 Å². The number of hydrogen-bond donors (Lipinski definition) is 1. The van der Waals surface area contributed by atoms with Crippen molar-refractivity contribution in [1.29, 1.82) is 0 Å². The van der Waals surface area contributed by atoms with E-state index in [1.54, 1.807) is 0 Å². The van der Waals surface area contributed by atoms with E-state index in [9.17, 15) is 0 Å². The summed E-state index contributed by atoms with van der Waals surface area (Å²) in [4.78, 5) is 2.57. The van der Waals surface area contributed by atoms with Crippen molar-refractivity contribution in [1.82, 2.24) is 10.2 Å². The molecule has 1 N–H and O–H groups in total. The zero-order chi connectivity index (χ0) is 15.2. The molecule has 1 saturated heterocycles. The van der Waals surface area contributed by atoms with Gasteiger partial charge >= 0.3 is 0 Å². The van der Waals surface area contributed by atoms with E-state index in [2.05, 4.69) is 62.2 Å². The molecule has 0 spiro atoms. The Morgan fingerprint density at radius 1 is 1.19 bits per heavy atom. The summed E-state index contributed by atoms with van der Waals surface area (Å²) >= 11 is 0. The molecule has 118 valence electrons. The lowest BCUT2D eigenvalue weighted by molar-refractivity contribution is 0.165. The summed E-state index contributed by atoms with van der Waals surface area (Å²) in [5.41, 5.74) is 2.89. The molecule has 2 heteroatoms. The van der Waals surface area contributed by atoms with Gasteiger partial charge < -0.3 is 10.2 Å². The number of nitrogens with zero attached hydrogens (tertiary/aromatic N) is 1. The Balaban J connectivity index is 1.80. The Morgan fingerprint density at radius 2 is 1.86 bits per heavy atom. The number of benzene rings is 1. The van der Waals surface area contributed by atoms with Gasteiger partial charge in [0.1, 0.15) is 0 Å². The quantitative estimate of drug-likeness (QED) is 0.860. The van der Waals surface area contributed by atoms with Crippen LogP contribution in [0.25, 0.3) is 0 Å². The molecule has 1 heterocycles. The highest BCUT2D eigenvalue weighted by Crippen LogP contribution is 2.21. The number of aryl methyl sites for hydroxylation is 1. The second-order valence-corrected chi connectivity index (χ2v) is 6.76. The molecule has 0 aliphatic carbocycles. The summed E-state index contributed by atoms with van der Waals surface area (Å²) in [5, 5.41) is 3.84. The first-order valence-corrected chi connectivity index (χ1v) is 8.63. The summed E-state index contributed by atoms with van der Waals surface area (Å²) in [5.74, 6) is 0.840. The van der Waals surface area contributed by atoms with Crippen LogP contribution in [-0.4, -0.2) is 36.6 Å². The number of piperidine rings is 1. The van der Waals surface area contributed by atoms with E-state index in [0.29, 0.717) is 12.1 Å². The number of rotatable bonds is 6. The molecule has 1 aliphatic heterocycles. The first-order chi connectivity index (χ1) is 10.1. The van der Waals surface area contributed by atoms with Crippen LogP contribution in [-0.2, 0) is 6.42 Å². The Kier molecular flexibility index (Phi) is 6.25. The van der Waals surface area contributed by atoms with Gasteiger partial charge in [0, 0.05) is 12.1 Å². The molecule has 0 radical (unpaired) electrons. The monoisotopic (exact) mass is 288 g/mol. The highest BCUT2D eigenvalue weighted by molar-refractivity contribution is 5.26. The first-order valence-electron chi connectivity index (χ1n) is 8.63. The summed E-state index contributed by atoms with van der Waals surface area (Å²) in [6, 6.07) is 9.93. The normalized spacial score (nSPS) is 20.4. The molecule has 2 atom stereocenters. The van der Waals surface area contributed by atoms with Crippen LogP contribution in [0.15, 0.2) is 24.3 Å². The third-order valence-corrected chi connectivity index (χ3v) is 5.12. The van der Waals surface area contributed by atoms with Crippen LogP contribution in [0.2, 0.25) is 0 Å². The van der Waals surface area contributed by atoms with Gasteiger partial charge in [-0.2, -0.15) is 0 Å². The van der Waals surface area contributed by atoms with Gasteiger partial charge in [0.2, 0.25) is 0 Å². The van der Waals surface area contributed by atoms with Gasteiger partial charge in [-0.1, -0.05) is 31.2 Å². The van der Waals surface area contributed by atoms with Crippen LogP contribution in [0.4, 0.5) is 0 Å². The Labute approximate surface area is 130 Å². The number of nitrogens with one attached hydrogen (secondary N) is 1. The Hall–Kier alpha value is -0.860. The Morgan fingerprint density at radius 3 is 2.48 bits per heavy atom. The van der Waals surface area contributed by atoms with E-state index in [0.717, 1.165) is 12.3 Å². The van der Waals surface area contributed by atoms with Crippen molar-refractivity contribution in [2.45, 2.75) is 59.0 Å². The zero-order valence-electron chi connectivity index (χ0n) is 14.2. The minimum atomic E-state index is 0.547. The SMILES string of the molecule is CCN1CCC(C(C)NC(C)Cc2ccccc2C)CC1. The van der Waals surface area contributed by atoms with Crippen molar-refractivity contribution in [3.8, 4) is 0 Å². The standard InChI is InChI=1S/C19H32N2/c1-5-21-12-10-18(11-13-21)17(4)20-16(3)14-19-9-7-6-8-15(19)2/h6-9,16-18,20H,5,10-14H2,1-4H3. The highest BCUT2D eigenvalue weighted by Gasteiger charge is 2.23. The minimum absolute atomic E-state index is 0.547. The van der Waals surface area contributed by atoms with Gasteiger partial charge in [-0.25, -0.2) is 0 Å². The molecule has 0 aromatic heterocycles. The van der Waals surface area contributed by atoms with Crippen LogP contribution in [0.3, 0.4) is 0 Å². The maximum atomic E-state index is 3.84. The van der Waals surface area contributed by atoms with Gasteiger partial charge in [-0.3, -0.25) is 0 Å². The second kappa shape index (κ2) is 7.95. The topological polar surface area (TPSA) is 15.3 Å². The van der Waals surface area contributed by atoms with Crippen LogP contribution >= 0.6 is 0 Å². The van der Waals surface area contributed by atoms with E-state index >= 15 is 0 Å².